The van der Waals surface area contributed by atoms with Crippen LogP contribution in [0.3, 0.4) is 0 Å². The van der Waals surface area contributed by atoms with Crippen molar-refractivity contribution in [1.29, 1.82) is 0 Å². The maximum Gasteiger partial charge on any atom is 0.332 e. The Labute approximate surface area is 260 Å². The van der Waals surface area contributed by atoms with Crippen LogP contribution >= 0.6 is 23.4 Å². The minimum atomic E-state index is -0.945. The minimum Gasteiger partial charge on any atom is -0.487 e. The zero-order chi connectivity index (χ0) is 29.9. The molecule has 1 N–H and O–H groups in total. The van der Waals surface area contributed by atoms with Gasteiger partial charge in [0.1, 0.15) is 12.4 Å². The number of thioether (sulfide) groups is 1. The molecular weight excluding hydrogens is 580 g/mol. The summed E-state index contributed by atoms with van der Waals surface area (Å²) in [6.07, 6.45) is 2.29. The monoisotopic (exact) mass is 612 g/mol. The molecule has 5 aromatic rings. The van der Waals surface area contributed by atoms with Crippen molar-refractivity contribution >= 4 is 40.2 Å². The standard InChI is InChI=1S/C35H33ClN2O4S/c1-3-31(35(39)40)42-21-30-34-33-28(17-22(2)43-34)32(16-15-29(33)38(30)19-23-9-12-26(36)13-10-23)41-20-27-14-11-25(18-37-27)24-7-5-4-6-8-24/h4-16,18,22,31H,3,17,19-21H2,1-2H3,(H,39,40). The van der Waals surface area contributed by atoms with Gasteiger partial charge < -0.3 is 19.1 Å². The summed E-state index contributed by atoms with van der Waals surface area (Å²) in [6, 6.07) is 26.3. The molecule has 0 aliphatic carbocycles. The number of nitrogens with zero attached hydrogens (tertiary/aromatic N) is 2. The molecule has 8 heteroatoms. The zero-order valence-electron chi connectivity index (χ0n) is 24.1. The lowest BCUT2D eigenvalue weighted by Crippen LogP contribution is -2.23. The van der Waals surface area contributed by atoms with Gasteiger partial charge in [-0.3, -0.25) is 4.98 Å². The Bertz CT molecular complexity index is 1740. The van der Waals surface area contributed by atoms with E-state index in [0.717, 1.165) is 56.0 Å². The Kier molecular flexibility index (Phi) is 8.75. The van der Waals surface area contributed by atoms with E-state index in [1.54, 1.807) is 0 Å². The number of aromatic nitrogens is 2. The Balaban J connectivity index is 1.34. The van der Waals surface area contributed by atoms with Gasteiger partial charge in [0.05, 0.1) is 23.5 Å². The largest absolute Gasteiger partial charge is 0.487 e. The van der Waals surface area contributed by atoms with Gasteiger partial charge in [-0.05, 0) is 54.3 Å². The second-order valence-corrected chi connectivity index (χ2v) is 12.7. The molecule has 0 saturated heterocycles. The molecular formula is C35H33ClN2O4S. The summed E-state index contributed by atoms with van der Waals surface area (Å²) in [7, 11) is 0. The molecule has 0 fully saturated rings. The van der Waals surface area contributed by atoms with E-state index in [9.17, 15) is 9.90 Å². The van der Waals surface area contributed by atoms with Crippen molar-refractivity contribution in [3.63, 3.8) is 0 Å². The number of pyridine rings is 1. The number of benzene rings is 3. The Morgan fingerprint density at radius 3 is 2.53 bits per heavy atom. The number of hydrogen-bond acceptors (Lipinski definition) is 5. The third-order valence-corrected chi connectivity index (χ3v) is 9.29. The molecule has 1 aliphatic heterocycles. The Morgan fingerprint density at radius 1 is 1.05 bits per heavy atom. The SMILES string of the molecule is CCC(OCc1c2c3c(c(OCc4ccc(-c5ccccc5)cn4)ccc3n1Cc1ccc(Cl)cc1)CC(C)S2)C(=O)O. The molecule has 2 atom stereocenters. The highest BCUT2D eigenvalue weighted by Crippen LogP contribution is 2.47. The third kappa shape index (κ3) is 6.30. The van der Waals surface area contributed by atoms with Gasteiger partial charge >= 0.3 is 5.97 Å². The summed E-state index contributed by atoms with van der Waals surface area (Å²) in [5.41, 5.74) is 7.40. The average molecular weight is 613 g/mol. The highest BCUT2D eigenvalue weighted by molar-refractivity contribution is 8.00. The number of rotatable bonds is 11. The molecule has 220 valence electrons. The van der Waals surface area contributed by atoms with Crippen LogP contribution in [0.5, 0.6) is 5.75 Å². The van der Waals surface area contributed by atoms with Gasteiger partial charge in [-0.25, -0.2) is 4.79 Å². The highest BCUT2D eigenvalue weighted by atomic mass is 35.5. The summed E-state index contributed by atoms with van der Waals surface area (Å²) in [5, 5.41) is 11.8. The van der Waals surface area contributed by atoms with E-state index >= 15 is 0 Å². The molecule has 0 bridgehead atoms. The van der Waals surface area contributed by atoms with Crippen molar-refractivity contribution < 1.29 is 19.4 Å². The lowest BCUT2D eigenvalue weighted by atomic mass is 10.0. The second kappa shape index (κ2) is 12.8. The first-order valence-corrected chi connectivity index (χ1v) is 15.7. The fraction of sp³-hybridized carbons (Fsp3) is 0.257. The summed E-state index contributed by atoms with van der Waals surface area (Å²) < 4.78 is 14.7. The van der Waals surface area contributed by atoms with Crippen molar-refractivity contribution in [3.8, 4) is 16.9 Å². The van der Waals surface area contributed by atoms with Gasteiger partial charge in [0, 0.05) is 44.4 Å². The van der Waals surface area contributed by atoms with E-state index in [1.165, 1.54) is 5.56 Å². The molecule has 0 spiro atoms. The summed E-state index contributed by atoms with van der Waals surface area (Å²) in [5.74, 6) is -0.0952. The molecule has 6 nitrogen and oxygen atoms in total. The maximum absolute atomic E-state index is 11.8. The van der Waals surface area contributed by atoms with E-state index in [2.05, 4.69) is 46.8 Å². The molecule has 2 unspecified atom stereocenters. The van der Waals surface area contributed by atoms with Crippen LogP contribution in [0.4, 0.5) is 0 Å². The van der Waals surface area contributed by atoms with Crippen LogP contribution in [0, 0.1) is 0 Å². The predicted molar refractivity (Wildman–Crippen MR) is 172 cm³/mol. The van der Waals surface area contributed by atoms with E-state index in [4.69, 9.17) is 21.1 Å². The fourth-order valence-electron chi connectivity index (χ4n) is 5.60. The van der Waals surface area contributed by atoms with Gasteiger partial charge in [-0.1, -0.05) is 74.0 Å². The first-order chi connectivity index (χ1) is 20.9. The summed E-state index contributed by atoms with van der Waals surface area (Å²) in [6.45, 7) is 5.22. The summed E-state index contributed by atoms with van der Waals surface area (Å²) >= 11 is 7.98. The molecule has 0 saturated carbocycles. The van der Waals surface area contributed by atoms with Gasteiger partial charge in [0.15, 0.2) is 6.10 Å². The molecule has 0 radical (unpaired) electrons. The number of carboxylic acids is 1. The maximum atomic E-state index is 11.8. The van der Waals surface area contributed by atoms with E-state index in [0.29, 0.717) is 29.8 Å². The smallest absolute Gasteiger partial charge is 0.332 e. The Hall–Kier alpha value is -3.78. The van der Waals surface area contributed by atoms with Crippen LogP contribution in [-0.4, -0.2) is 32.0 Å². The van der Waals surface area contributed by atoms with Gasteiger partial charge in [0.2, 0.25) is 0 Å². The van der Waals surface area contributed by atoms with Crippen molar-refractivity contribution in [1.82, 2.24) is 9.55 Å². The van der Waals surface area contributed by atoms with Gasteiger partial charge in [0.25, 0.3) is 0 Å². The lowest BCUT2D eigenvalue weighted by molar-refractivity contribution is -0.151. The molecule has 6 rings (SSSR count). The van der Waals surface area contributed by atoms with Crippen LogP contribution in [0.25, 0.3) is 22.0 Å². The number of halogens is 1. The highest BCUT2D eigenvalue weighted by Gasteiger charge is 2.30. The van der Waals surface area contributed by atoms with Crippen molar-refractivity contribution in [2.75, 3.05) is 0 Å². The van der Waals surface area contributed by atoms with Crippen molar-refractivity contribution in [2.24, 2.45) is 0 Å². The topological polar surface area (TPSA) is 73.6 Å². The number of carbonyl (C=O) groups is 1. The number of aliphatic carboxylic acids is 1. The normalized spacial score (nSPS) is 15.0. The minimum absolute atomic E-state index is 0.204. The molecule has 1 aliphatic rings. The third-order valence-electron chi connectivity index (χ3n) is 7.79. The quantitative estimate of drug-likeness (QED) is 0.161. The molecule has 2 aromatic heterocycles. The molecule has 3 heterocycles. The lowest BCUT2D eigenvalue weighted by Gasteiger charge is -2.22. The summed E-state index contributed by atoms with van der Waals surface area (Å²) in [4.78, 5) is 17.6. The second-order valence-electron chi connectivity index (χ2n) is 10.8. The molecule has 0 amide bonds. The van der Waals surface area contributed by atoms with Crippen LogP contribution in [-0.2, 0) is 35.7 Å². The van der Waals surface area contributed by atoms with Crippen molar-refractivity contribution in [2.45, 2.75) is 62.7 Å². The van der Waals surface area contributed by atoms with Crippen LogP contribution in [0.1, 0.15) is 42.8 Å². The van der Waals surface area contributed by atoms with Crippen molar-refractivity contribution in [3.05, 3.63) is 113 Å². The zero-order valence-corrected chi connectivity index (χ0v) is 25.7. The number of hydrogen-bond donors (Lipinski definition) is 1. The fourth-order valence-corrected chi connectivity index (χ4v) is 7.03. The predicted octanol–water partition coefficient (Wildman–Crippen LogP) is 8.40. The number of carboxylic acid groups (broad SMARTS) is 1. The van der Waals surface area contributed by atoms with Gasteiger partial charge in [-0.15, -0.1) is 11.8 Å². The van der Waals surface area contributed by atoms with Gasteiger partial charge in [-0.2, -0.15) is 0 Å². The Morgan fingerprint density at radius 2 is 1.84 bits per heavy atom. The van der Waals surface area contributed by atoms with Crippen LogP contribution < -0.4 is 4.74 Å². The average Bonchev–Trinajstić information content (AvgIpc) is 3.31. The molecule has 43 heavy (non-hydrogen) atoms. The van der Waals surface area contributed by atoms with E-state index in [1.807, 2.05) is 73.4 Å². The first kappa shape index (κ1) is 29.3. The number of ether oxygens (including phenoxy) is 2. The van der Waals surface area contributed by atoms with Crippen LogP contribution in [0.15, 0.2) is 90.0 Å². The molecule has 3 aromatic carbocycles. The van der Waals surface area contributed by atoms with Crippen LogP contribution in [0.2, 0.25) is 5.02 Å². The van der Waals surface area contributed by atoms with E-state index in [-0.39, 0.29) is 6.61 Å². The van der Waals surface area contributed by atoms with E-state index < -0.39 is 12.1 Å². The first-order valence-electron chi connectivity index (χ1n) is 14.5.